The van der Waals surface area contributed by atoms with E-state index in [1.54, 1.807) is 18.5 Å². The summed E-state index contributed by atoms with van der Waals surface area (Å²) < 4.78 is 0. The average molecular weight is 198 g/mol. The van der Waals surface area contributed by atoms with Crippen molar-refractivity contribution in [1.29, 1.82) is 0 Å². The highest BCUT2D eigenvalue weighted by molar-refractivity contribution is 5.86. The van der Waals surface area contributed by atoms with Crippen molar-refractivity contribution in [2.45, 2.75) is 0 Å². The highest BCUT2D eigenvalue weighted by atomic mass is 14.8. The number of nitrogen functional groups attached to an aromatic ring is 1. The molecule has 0 fully saturated rings. The first-order chi connectivity index (χ1) is 7.33. The largest absolute Gasteiger partial charge is 0.398 e. The molecular weight excluding hydrogens is 188 g/mol. The maximum atomic E-state index is 5.82. The van der Waals surface area contributed by atoms with Crippen LogP contribution in [0, 0.1) is 11.8 Å². The molecule has 4 heteroatoms. The number of rotatable bonds is 0. The van der Waals surface area contributed by atoms with Gasteiger partial charge in [-0.1, -0.05) is 11.8 Å². The van der Waals surface area contributed by atoms with Gasteiger partial charge >= 0.3 is 0 Å². The number of anilines is 1. The molecule has 0 saturated heterocycles. The van der Waals surface area contributed by atoms with E-state index in [1.165, 1.54) is 0 Å². The summed E-state index contributed by atoms with van der Waals surface area (Å²) in [7, 11) is 0. The molecule has 2 aromatic rings. The van der Waals surface area contributed by atoms with E-state index in [2.05, 4.69) is 21.8 Å². The van der Waals surface area contributed by atoms with Gasteiger partial charge in [0.25, 0.3) is 0 Å². The van der Waals surface area contributed by atoms with E-state index in [0.717, 1.165) is 11.0 Å². The zero-order valence-electron chi connectivity index (χ0n) is 8.07. The topological polar surface area (TPSA) is 77.8 Å². The van der Waals surface area contributed by atoms with E-state index in [9.17, 15) is 0 Å². The molecule has 0 bridgehead atoms. The van der Waals surface area contributed by atoms with Crippen molar-refractivity contribution >= 4 is 16.7 Å². The minimum Gasteiger partial charge on any atom is -0.398 e. The van der Waals surface area contributed by atoms with Gasteiger partial charge in [-0.2, -0.15) is 0 Å². The van der Waals surface area contributed by atoms with Crippen LogP contribution in [0.4, 0.5) is 5.69 Å². The van der Waals surface area contributed by atoms with Gasteiger partial charge in [-0.05, 0) is 12.1 Å². The normalized spacial score (nSPS) is 9.67. The predicted molar refractivity (Wildman–Crippen MR) is 59.9 cm³/mol. The van der Waals surface area contributed by atoms with Crippen LogP contribution in [0.2, 0.25) is 0 Å². The zero-order valence-corrected chi connectivity index (χ0v) is 8.07. The summed E-state index contributed by atoms with van der Waals surface area (Å²) in [5.41, 5.74) is 13.9. The molecule has 0 amide bonds. The van der Waals surface area contributed by atoms with Crippen molar-refractivity contribution < 1.29 is 0 Å². The summed E-state index contributed by atoms with van der Waals surface area (Å²) in [5, 5.41) is 0. The SMILES string of the molecule is NCC#Cc1c(N)ccc2nccnc12. The molecule has 0 saturated carbocycles. The number of hydrogen-bond acceptors (Lipinski definition) is 4. The number of aromatic nitrogens is 2. The summed E-state index contributed by atoms with van der Waals surface area (Å²) in [6, 6.07) is 3.60. The first kappa shape index (κ1) is 9.44. The fourth-order valence-electron chi connectivity index (χ4n) is 1.32. The van der Waals surface area contributed by atoms with E-state index in [-0.39, 0.29) is 0 Å². The van der Waals surface area contributed by atoms with Crippen LogP contribution in [-0.2, 0) is 0 Å². The molecule has 15 heavy (non-hydrogen) atoms. The maximum absolute atomic E-state index is 5.82. The fourth-order valence-corrected chi connectivity index (χ4v) is 1.32. The lowest BCUT2D eigenvalue weighted by Crippen LogP contribution is -1.96. The molecule has 74 valence electrons. The Kier molecular flexibility index (Phi) is 2.48. The van der Waals surface area contributed by atoms with Crippen LogP contribution in [0.5, 0.6) is 0 Å². The number of nitrogens with two attached hydrogens (primary N) is 2. The number of nitrogens with zero attached hydrogens (tertiary/aromatic N) is 2. The lowest BCUT2D eigenvalue weighted by atomic mass is 10.1. The summed E-state index contributed by atoms with van der Waals surface area (Å²) >= 11 is 0. The van der Waals surface area contributed by atoms with Gasteiger partial charge in [0.05, 0.1) is 17.6 Å². The Morgan fingerprint density at radius 2 is 2.00 bits per heavy atom. The molecule has 0 unspecified atom stereocenters. The van der Waals surface area contributed by atoms with Crippen LogP contribution in [0.25, 0.3) is 11.0 Å². The van der Waals surface area contributed by atoms with Gasteiger partial charge in [0.1, 0.15) is 5.52 Å². The van der Waals surface area contributed by atoms with Gasteiger partial charge in [0, 0.05) is 18.1 Å². The third kappa shape index (κ3) is 1.73. The van der Waals surface area contributed by atoms with E-state index >= 15 is 0 Å². The predicted octanol–water partition coefficient (Wildman–Crippen LogP) is 0.522. The Hall–Kier alpha value is -2.12. The number of fused-ring (bicyclic) bond motifs is 1. The van der Waals surface area contributed by atoms with Crippen LogP contribution >= 0.6 is 0 Å². The lowest BCUT2D eigenvalue weighted by molar-refractivity contribution is 1.28. The maximum Gasteiger partial charge on any atom is 0.106 e. The van der Waals surface area contributed by atoms with Crippen LogP contribution in [0.3, 0.4) is 0 Å². The van der Waals surface area contributed by atoms with E-state index in [1.807, 2.05) is 6.07 Å². The quantitative estimate of drug-likeness (QED) is 0.478. The molecule has 1 heterocycles. The molecule has 0 aliphatic heterocycles. The second kappa shape index (κ2) is 3.95. The van der Waals surface area contributed by atoms with Gasteiger partial charge in [-0.15, -0.1) is 0 Å². The third-order valence-corrected chi connectivity index (χ3v) is 1.99. The molecule has 1 aromatic heterocycles. The van der Waals surface area contributed by atoms with Crippen molar-refractivity contribution in [3.63, 3.8) is 0 Å². The fraction of sp³-hybridized carbons (Fsp3) is 0.0909. The van der Waals surface area contributed by atoms with Crippen molar-refractivity contribution in [3.8, 4) is 11.8 Å². The molecular formula is C11H10N4. The van der Waals surface area contributed by atoms with Crippen molar-refractivity contribution in [1.82, 2.24) is 9.97 Å². The van der Waals surface area contributed by atoms with E-state index in [0.29, 0.717) is 17.8 Å². The molecule has 0 spiro atoms. The Bertz CT molecular complexity index is 551. The third-order valence-electron chi connectivity index (χ3n) is 1.99. The van der Waals surface area contributed by atoms with Crippen molar-refractivity contribution in [2.75, 3.05) is 12.3 Å². The molecule has 0 radical (unpaired) electrons. The molecule has 4 nitrogen and oxygen atoms in total. The monoisotopic (exact) mass is 198 g/mol. The molecule has 2 rings (SSSR count). The molecule has 0 atom stereocenters. The summed E-state index contributed by atoms with van der Waals surface area (Å²) in [5.74, 6) is 5.68. The highest BCUT2D eigenvalue weighted by Crippen LogP contribution is 2.19. The summed E-state index contributed by atoms with van der Waals surface area (Å²) in [6.07, 6.45) is 3.26. The van der Waals surface area contributed by atoms with Gasteiger partial charge in [0.15, 0.2) is 0 Å². The summed E-state index contributed by atoms with van der Waals surface area (Å²) in [4.78, 5) is 8.38. The van der Waals surface area contributed by atoms with E-state index in [4.69, 9.17) is 11.5 Å². The number of hydrogen-bond donors (Lipinski definition) is 2. The number of benzene rings is 1. The molecule has 4 N–H and O–H groups in total. The average Bonchev–Trinajstić information content (AvgIpc) is 2.28. The second-order valence-electron chi connectivity index (χ2n) is 2.96. The lowest BCUT2D eigenvalue weighted by Gasteiger charge is -2.01. The Labute approximate surface area is 87.3 Å². The van der Waals surface area contributed by atoms with Crippen LogP contribution in [-0.4, -0.2) is 16.5 Å². The van der Waals surface area contributed by atoms with Crippen LogP contribution in [0.15, 0.2) is 24.5 Å². The Morgan fingerprint density at radius 1 is 1.20 bits per heavy atom. The summed E-state index contributed by atoms with van der Waals surface area (Å²) in [6.45, 7) is 0.302. The smallest absolute Gasteiger partial charge is 0.106 e. The van der Waals surface area contributed by atoms with Gasteiger partial charge < -0.3 is 11.5 Å². The Balaban J connectivity index is 2.74. The van der Waals surface area contributed by atoms with Gasteiger partial charge in [-0.25, -0.2) is 0 Å². The zero-order chi connectivity index (χ0) is 10.7. The highest BCUT2D eigenvalue weighted by Gasteiger charge is 2.03. The standard InChI is InChI=1S/C11H10N4/c12-5-1-2-8-9(13)3-4-10-11(8)15-7-6-14-10/h3-4,6-7H,5,12-13H2. The molecule has 0 aliphatic carbocycles. The van der Waals surface area contributed by atoms with Crippen LogP contribution < -0.4 is 11.5 Å². The minimum absolute atomic E-state index is 0.302. The Morgan fingerprint density at radius 3 is 2.80 bits per heavy atom. The van der Waals surface area contributed by atoms with Crippen LogP contribution in [0.1, 0.15) is 5.56 Å². The van der Waals surface area contributed by atoms with Gasteiger partial charge in [-0.3, -0.25) is 9.97 Å². The molecule has 1 aromatic carbocycles. The first-order valence-electron chi connectivity index (χ1n) is 4.51. The van der Waals surface area contributed by atoms with Crippen molar-refractivity contribution in [2.24, 2.45) is 5.73 Å². The van der Waals surface area contributed by atoms with E-state index < -0.39 is 0 Å². The first-order valence-corrected chi connectivity index (χ1v) is 4.51. The minimum atomic E-state index is 0.302. The van der Waals surface area contributed by atoms with Crippen molar-refractivity contribution in [3.05, 3.63) is 30.1 Å². The second-order valence-corrected chi connectivity index (χ2v) is 2.96. The molecule has 0 aliphatic rings. The van der Waals surface area contributed by atoms with Gasteiger partial charge in [0.2, 0.25) is 0 Å².